The number of alkyl halides is 3. The summed E-state index contributed by atoms with van der Waals surface area (Å²) in [7, 11) is 0. The lowest BCUT2D eigenvalue weighted by Gasteiger charge is -2.30. The summed E-state index contributed by atoms with van der Waals surface area (Å²) in [4.78, 5) is 25.8. The predicted octanol–water partition coefficient (Wildman–Crippen LogP) is 3.19. The molecule has 2 rings (SSSR count). The van der Waals surface area contributed by atoms with E-state index in [4.69, 9.17) is 0 Å². The van der Waals surface area contributed by atoms with Crippen molar-refractivity contribution in [2.24, 2.45) is 0 Å². The lowest BCUT2D eigenvalue weighted by molar-refractivity contribution is -0.138. The Balaban J connectivity index is 2.22. The van der Waals surface area contributed by atoms with E-state index in [-0.39, 0.29) is 23.6 Å². The first-order valence-electron chi connectivity index (χ1n) is 7.51. The van der Waals surface area contributed by atoms with Crippen LogP contribution in [0, 0.1) is 0 Å². The smallest absolute Gasteiger partial charge is 0.352 e. The lowest BCUT2D eigenvalue weighted by atomic mass is 10.1. The Hall–Kier alpha value is -1.70. The number of nitrogens with one attached hydrogen (secondary N) is 1. The molecule has 0 unspecified atom stereocenters. The van der Waals surface area contributed by atoms with Crippen LogP contribution in [0.3, 0.4) is 0 Å². The minimum Gasteiger partial charge on any atom is -0.352 e. The van der Waals surface area contributed by atoms with E-state index in [0.717, 1.165) is 12.1 Å². The quantitative estimate of drug-likeness (QED) is 0.897. The van der Waals surface area contributed by atoms with E-state index in [9.17, 15) is 22.8 Å². The Morgan fingerprint density at radius 2 is 1.83 bits per heavy atom. The van der Waals surface area contributed by atoms with Crippen molar-refractivity contribution >= 4 is 23.6 Å². The number of thioether (sulfide) groups is 1. The highest BCUT2D eigenvalue weighted by molar-refractivity contribution is 8.00. The summed E-state index contributed by atoms with van der Waals surface area (Å²) < 4.78 is 38.0. The molecule has 1 aliphatic heterocycles. The maximum Gasteiger partial charge on any atom is 0.416 e. The molecular formula is C16H19F3N2O2S. The molecule has 0 aliphatic carbocycles. The summed E-state index contributed by atoms with van der Waals surface area (Å²) in [6.45, 7) is 5.26. The molecule has 0 bridgehead atoms. The van der Waals surface area contributed by atoms with Crippen molar-refractivity contribution in [1.82, 2.24) is 10.2 Å². The second-order valence-corrected chi connectivity index (χ2v) is 6.99. The Bertz CT molecular complexity index is 617. The van der Waals surface area contributed by atoms with Gasteiger partial charge >= 0.3 is 6.18 Å². The minimum atomic E-state index is -4.40. The van der Waals surface area contributed by atoms with Crippen molar-refractivity contribution in [2.45, 2.75) is 44.4 Å². The maximum atomic E-state index is 12.7. The molecular weight excluding hydrogens is 341 g/mol. The molecule has 2 atom stereocenters. The first kappa shape index (κ1) is 18.6. The van der Waals surface area contributed by atoms with Crippen LogP contribution in [0.15, 0.2) is 24.3 Å². The minimum absolute atomic E-state index is 0.0603. The zero-order chi connectivity index (χ0) is 18.1. The van der Waals surface area contributed by atoms with Gasteiger partial charge in [-0.25, -0.2) is 0 Å². The number of nitrogens with zero attached hydrogens (tertiary/aromatic N) is 1. The average molecular weight is 360 g/mol. The Morgan fingerprint density at radius 3 is 2.33 bits per heavy atom. The van der Waals surface area contributed by atoms with Crippen molar-refractivity contribution in [2.75, 3.05) is 5.75 Å². The highest BCUT2D eigenvalue weighted by atomic mass is 32.2. The third-order valence-corrected chi connectivity index (χ3v) is 4.88. The average Bonchev–Trinajstić information content (AvgIpc) is 2.86. The summed E-state index contributed by atoms with van der Waals surface area (Å²) in [6, 6.07) is 3.96. The first-order chi connectivity index (χ1) is 11.1. The van der Waals surface area contributed by atoms with E-state index in [1.54, 1.807) is 6.92 Å². The summed E-state index contributed by atoms with van der Waals surface area (Å²) >= 11 is 1.30. The molecule has 24 heavy (non-hydrogen) atoms. The van der Waals surface area contributed by atoms with Crippen LogP contribution >= 0.6 is 11.8 Å². The highest BCUT2D eigenvalue weighted by Crippen LogP contribution is 2.41. The largest absolute Gasteiger partial charge is 0.416 e. The summed E-state index contributed by atoms with van der Waals surface area (Å²) in [6.07, 6.45) is -4.40. The number of amides is 2. The second-order valence-electron chi connectivity index (χ2n) is 5.92. The van der Waals surface area contributed by atoms with Gasteiger partial charge in [0.2, 0.25) is 11.8 Å². The SMILES string of the molecule is CC(C)NC(=O)[C@H](C)N1C(=O)CS[C@H]1c1ccc(C(F)(F)F)cc1. The molecule has 1 N–H and O–H groups in total. The van der Waals surface area contributed by atoms with E-state index in [1.807, 2.05) is 13.8 Å². The van der Waals surface area contributed by atoms with Gasteiger partial charge in [-0.3, -0.25) is 9.59 Å². The molecule has 1 aromatic rings. The highest BCUT2D eigenvalue weighted by Gasteiger charge is 2.39. The van der Waals surface area contributed by atoms with E-state index >= 15 is 0 Å². The van der Waals surface area contributed by atoms with E-state index in [1.165, 1.54) is 28.8 Å². The van der Waals surface area contributed by atoms with Gasteiger partial charge in [-0.1, -0.05) is 12.1 Å². The van der Waals surface area contributed by atoms with Crippen LogP contribution in [0.4, 0.5) is 13.2 Å². The molecule has 0 saturated carbocycles. The first-order valence-corrected chi connectivity index (χ1v) is 8.56. The van der Waals surface area contributed by atoms with Crippen LogP contribution < -0.4 is 5.32 Å². The fourth-order valence-corrected chi connectivity index (χ4v) is 3.74. The fraction of sp³-hybridized carbons (Fsp3) is 0.500. The molecule has 0 radical (unpaired) electrons. The Labute approximate surface area is 142 Å². The number of carbonyl (C=O) groups is 2. The number of benzene rings is 1. The zero-order valence-electron chi connectivity index (χ0n) is 13.6. The van der Waals surface area contributed by atoms with Crippen molar-refractivity contribution in [3.05, 3.63) is 35.4 Å². The molecule has 1 fully saturated rings. The Morgan fingerprint density at radius 1 is 1.25 bits per heavy atom. The van der Waals surface area contributed by atoms with Gasteiger partial charge in [0, 0.05) is 6.04 Å². The zero-order valence-corrected chi connectivity index (χ0v) is 14.4. The van der Waals surface area contributed by atoms with Gasteiger partial charge in [-0.15, -0.1) is 11.8 Å². The van der Waals surface area contributed by atoms with Crippen LogP contribution in [-0.2, 0) is 15.8 Å². The number of hydrogen-bond acceptors (Lipinski definition) is 3. The van der Waals surface area contributed by atoms with Gasteiger partial charge in [0.25, 0.3) is 0 Å². The third-order valence-electron chi connectivity index (χ3n) is 3.66. The Kier molecular flexibility index (Phi) is 5.47. The second kappa shape index (κ2) is 7.04. The van der Waals surface area contributed by atoms with Gasteiger partial charge in [-0.2, -0.15) is 13.2 Å². The third kappa shape index (κ3) is 4.03. The topological polar surface area (TPSA) is 49.4 Å². The lowest BCUT2D eigenvalue weighted by Crippen LogP contribution is -2.48. The van der Waals surface area contributed by atoms with Crippen LogP contribution in [0.5, 0.6) is 0 Å². The van der Waals surface area contributed by atoms with Crippen LogP contribution in [0.1, 0.15) is 37.3 Å². The van der Waals surface area contributed by atoms with Gasteiger partial charge in [-0.05, 0) is 38.5 Å². The standard InChI is InChI=1S/C16H19F3N2O2S/c1-9(2)20-14(23)10(3)21-13(22)8-24-15(21)11-4-6-12(7-5-11)16(17,18)19/h4-7,9-10,15H,8H2,1-3H3,(H,20,23)/t10-,15-/m0/s1. The molecule has 1 heterocycles. The van der Waals surface area contributed by atoms with E-state index in [0.29, 0.717) is 5.56 Å². The van der Waals surface area contributed by atoms with Crippen molar-refractivity contribution < 1.29 is 22.8 Å². The monoisotopic (exact) mass is 360 g/mol. The van der Waals surface area contributed by atoms with Crippen LogP contribution in [0.2, 0.25) is 0 Å². The summed E-state index contributed by atoms with van der Waals surface area (Å²) in [5.74, 6) is -0.278. The fourth-order valence-electron chi connectivity index (χ4n) is 2.48. The molecule has 0 aromatic heterocycles. The van der Waals surface area contributed by atoms with Crippen molar-refractivity contribution in [3.8, 4) is 0 Å². The number of carbonyl (C=O) groups excluding carboxylic acids is 2. The normalized spacial score (nSPS) is 19.7. The van der Waals surface area contributed by atoms with E-state index < -0.39 is 23.2 Å². The molecule has 1 aliphatic rings. The predicted molar refractivity (Wildman–Crippen MR) is 86.2 cm³/mol. The van der Waals surface area contributed by atoms with Gasteiger partial charge in [0.15, 0.2) is 0 Å². The van der Waals surface area contributed by atoms with Crippen LogP contribution in [0.25, 0.3) is 0 Å². The molecule has 0 spiro atoms. The van der Waals surface area contributed by atoms with Crippen molar-refractivity contribution in [1.29, 1.82) is 0 Å². The summed E-state index contributed by atoms with van der Waals surface area (Å²) in [5.41, 5.74) is -0.166. The van der Waals surface area contributed by atoms with E-state index in [2.05, 4.69) is 5.32 Å². The molecule has 1 aromatic carbocycles. The maximum absolute atomic E-state index is 12.7. The molecule has 8 heteroatoms. The van der Waals surface area contributed by atoms with Gasteiger partial charge in [0.05, 0.1) is 11.3 Å². The molecule has 2 amide bonds. The number of halogens is 3. The van der Waals surface area contributed by atoms with Gasteiger partial charge < -0.3 is 10.2 Å². The van der Waals surface area contributed by atoms with Crippen molar-refractivity contribution in [3.63, 3.8) is 0 Å². The number of hydrogen-bond donors (Lipinski definition) is 1. The number of rotatable bonds is 4. The molecule has 4 nitrogen and oxygen atoms in total. The van der Waals surface area contributed by atoms with Crippen LogP contribution in [-0.4, -0.2) is 34.6 Å². The van der Waals surface area contributed by atoms with Gasteiger partial charge in [0.1, 0.15) is 11.4 Å². The summed E-state index contributed by atoms with van der Waals surface area (Å²) in [5, 5.41) is 2.29. The molecule has 132 valence electrons. The molecule has 1 saturated heterocycles.